The van der Waals surface area contributed by atoms with Gasteiger partial charge in [-0.1, -0.05) is 0 Å². The molecule has 6 heteroatoms. The largest absolute Gasteiger partial charge is 0.493 e. The van der Waals surface area contributed by atoms with Gasteiger partial charge in [0, 0.05) is 18.3 Å². The van der Waals surface area contributed by atoms with Crippen molar-refractivity contribution in [1.82, 2.24) is 4.72 Å². The van der Waals surface area contributed by atoms with E-state index in [1.807, 2.05) is 12.1 Å². The number of hydrogen-bond acceptors (Lipinski definition) is 4. The van der Waals surface area contributed by atoms with Crippen molar-refractivity contribution in [1.29, 1.82) is 0 Å². The highest BCUT2D eigenvalue weighted by Gasteiger charge is 2.26. The second kappa shape index (κ2) is 8.61. The molecule has 0 amide bonds. The van der Waals surface area contributed by atoms with Crippen LogP contribution in [0.25, 0.3) is 0 Å². The van der Waals surface area contributed by atoms with E-state index >= 15 is 0 Å². The summed E-state index contributed by atoms with van der Waals surface area (Å²) in [6.45, 7) is 5.22. The van der Waals surface area contributed by atoms with Gasteiger partial charge in [0.2, 0.25) is 10.0 Å². The van der Waals surface area contributed by atoms with Crippen LogP contribution in [0, 0.1) is 11.8 Å². The van der Waals surface area contributed by atoms with Crippen molar-refractivity contribution in [3.63, 3.8) is 0 Å². The molecule has 0 saturated heterocycles. The third-order valence-corrected chi connectivity index (χ3v) is 7.33. The normalized spacial score (nSPS) is 23.8. The van der Waals surface area contributed by atoms with Crippen LogP contribution in [0.1, 0.15) is 52.4 Å². The van der Waals surface area contributed by atoms with E-state index in [0.29, 0.717) is 5.92 Å². The summed E-state index contributed by atoms with van der Waals surface area (Å²) in [5.74, 6) is 2.31. The molecule has 1 aromatic rings. The first-order valence-corrected chi connectivity index (χ1v) is 11.4. The van der Waals surface area contributed by atoms with Gasteiger partial charge in [0.1, 0.15) is 5.75 Å². The lowest BCUT2D eigenvalue weighted by Crippen LogP contribution is -2.41. The van der Waals surface area contributed by atoms with Crippen LogP contribution in [0.15, 0.2) is 24.3 Å². The summed E-state index contributed by atoms with van der Waals surface area (Å²) >= 11 is 0. The number of hydrogen-bond donors (Lipinski definition) is 2. The van der Waals surface area contributed by atoms with E-state index < -0.39 is 10.0 Å². The van der Waals surface area contributed by atoms with Crippen LogP contribution in [0.2, 0.25) is 0 Å². The van der Waals surface area contributed by atoms with Crippen molar-refractivity contribution in [2.24, 2.45) is 11.8 Å². The molecule has 0 unspecified atom stereocenters. The van der Waals surface area contributed by atoms with Gasteiger partial charge in [0.15, 0.2) is 0 Å². The molecule has 2 aliphatic carbocycles. The number of sulfonamides is 1. The summed E-state index contributed by atoms with van der Waals surface area (Å²) in [6, 6.07) is 8.31. The third kappa shape index (κ3) is 5.88. The minimum absolute atomic E-state index is 0.0987. The molecule has 146 valence electrons. The summed E-state index contributed by atoms with van der Waals surface area (Å²) in [7, 11) is -3.16. The molecule has 0 heterocycles. The van der Waals surface area contributed by atoms with Crippen molar-refractivity contribution >= 4 is 15.7 Å². The monoisotopic (exact) mass is 380 g/mol. The predicted molar refractivity (Wildman–Crippen MR) is 106 cm³/mol. The van der Waals surface area contributed by atoms with Crippen LogP contribution in [-0.2, 0) is 10.0 Å². The molecule has 3 rings (SSSR count). The standard InChI is InChI=1S/C20H32N2O3S/c1-15(2)26(23,24)22-19-7-5-16(6-8-19)13-21-18-9-11-20(12-10-18)25-14-17-3-4-17/h9-12,15-17,19,21-22H,3-8,13-14H2,1-2H3/t16-,19-. The lowest BCUT2D eigenvalue weighted by atomic mass is 9.86. The van der Waals surface area contributed by atoms with Gasteiger partial charge in [0.25, 0.3) is 0 Å². The van der Waals surface area contributed by atoms with Crippen LogP contribution >= 0.6 is 0 Å². The first-order chi connectivity index (χ1) is 12.4. The molecule has 0 aromatic heterocycles. The van der Waals surface area contributed by atoms with Crippen molar-refractivity contribution in [2.75, 3.05) is 18.5 Å². The zero-order chi connectivity index (χ0) is 18.6. The molecular weight excluding hydrogens is 348 g/mol. The maximum atomic E-state index is 12.0. The first-order valence-electron chi connectivity index (χ1n) is 9.90. The fraction of sp³-hybridized carbons (Fsp3) is 0.700. The first kappa shape index (κ1) is 19.5. The molecule has 0 atom stereocenters. The molecule has 0 spiro atoms. The van der Waals surface area contributed by atoms with Gasteiger partial charge < -0.3 is 10.1 Å². The molecule has 2 fully saturated rings. The van der Waals surface area contributed by atoms with E-state index in [-0.39, 0.29) is 11.3 Å². The Bertz CT molecular complexity index is 661. The number of benzene rings is 1. The third-order valence-electron chi connectivity index (χ3n) is 5.43. The minimum Gasteiger partial charge on any atom is -0.493 e. The van der Waals surface area contributed by atoms with E-state index in [4.69, 9.17) is 4.74 Å². The van der Waals surface area contributed by atoms with Crippen molar-refractivity contribution in [3.8, 4) is 5.75 Å². The van der Waals surface area contributed by atoms with Gasteiger partial charge >= 0.3 is 0 Å². The Kier molecular flexibility index (Phi) is 6.46. The van der Waals surface area contributed by atoms with Crippen LogP contribution in [0.4, 0.5) is 5.69 Å². The molecule has 2 N–H and O–H groups in total. The Balaban J connectivity index is 1.36. The molecule has 0 radical (unpaired) electrons. The van der Waals surface area contributed by atoms with Gasteiger partial charge in [-0.15, -0.1) is 0 Å². The number of rotatable bonds is 9. The molecule has 2 aliphatic rings. The highest BCUT2D eigenvalue weighted by atomic mass is 32.2. The second-order valence-corrected chi connectivity index (χ2v) is 10.4. The fourth-order valence-corrected chi connectivity index (χ4v) is 4.26. The summed E-state index contributed by atoms with van der Waals surface area (Å²) in [5, 5.41) is 3.14. The molecule has 1 aromatic carbocycles. The van der Waals surface area contributed by atoms with E-state index in [2.05, 4.69) is 22.2 Å². The maximum Gasteiger partial charge on any atom is 0.214 e. The smallest absolute Gasteiger partial charge is 0.214 e. The Morgan fingerprint density at radius 1 is 1.00 bits per heavy atom. The van der Waals surface area contributed by atoms with Crippen LogP contribution in [0.5, 0.6) is 5.75 Å². The number of ether oxygens (including phenoxy) is 1. The lowest BCUT2D eigenvalue weighted by Gasteiger charge is -2.29. The molecule has 5 nitrogen and oxygen atoms in total. The highest BCUT2D eigenvalue weighted by Crippen LogP contribution is 2.30. The SMILES string of the molecule is CC(C)S(=O)(=O)N[C@H]1CC[C@H](CNc2ccc(OCC3CC3)cc2)CC1. The zero-order valence-corrected chi connectivity index (χ0v) is 16.7. The molecular formula is C20H32N2O3S. The summed E-state index contributed by atoms with van der Waals surface area (Å²) in [4.78, 5) is 0. The summed E-state index contributed by atoms with van der Waals surface area (Å²) < 4.78 is 32.6. The average Bonchev–Trinajstić information content (AvgIpc) is 3.44. The molecule has 0 bridgehead atoms. The second-order valence-electron chi connectivity index (χ2n) is 8.09. The quantitative estimate of drug-likeness (QED) is 0.684. The summed E-state index contributed by atoms with van der Waals surface area (Å²) in [5.41, 5.74) is 1.12. The van der Waals surface area contributed by atoms with Crippen LogP contribution < -0.4 is 14.8 Å². The highest BCUT2D eigenvalue weighted by molar-refractivity contribution is 7.90. The maximum absolute atomic E-state index is 12.0. The lowest BCUT2D eigenvalue weighted by molar-refractivity contribution is 0.300. The Labute approximate surface area is 158 Å². The van der Waals surface area contributed by atoms with Gasteiger partial charge in [-0.25, -0.2) is 13.1 Å². The molecule has 2 saturated carbocycles. The van der Waals surface area contributed by atoms with E-state index in [0.717, 1.165) is 56.2 Å². The Hall–Kier alpha value is -1.27. The van der Waals surface area contributed by atoms with E-state index in [1.165, 1.54) is 12.8 Å². The predicted octanol–water partition coefficient (Wildman–Crippen LogP) is 3.77. The van der Waals surface area contributed by atoms with Gasteiger partial charge in [-0.3, -0.25) is 0 Å². The van der Waals surface area contributed by atoms with Crippen LogP contribution in [0.3, 0.4) is 0 Å². The van der Waals surface area contributed by atoms with Gasteiger partial charge in [0.05, 0.1) is 11.9 Å². The molecule has 26 heavy (non-hydrogen) atoms. The zero-order valence-electron chi connectivity index (χ0n) is 15.9. The van der Waals surface area contributed by atoms with Gasteiger partial charge in [-0.2, -0.15) is 0 Å². The number of anilines is 1. The topological polar surface area (TPSA) is 67.4 Å². The van der Waals surface area contributed by atoms with Gasteiger partial charge in [-0.05, 0) is 88.5 Å². The van der Waals surface area contributed by atoms with Crippen LogP contribution in [-0.4, -0.2) is 32.9 Å². The Morgan fingerprint density at radius 3 is 2.19 bits per heavy atom. The fourth-order valence-electron chi connectivity index (χ4n) is 3.28. The van der Waals surface area contributed by atoms with Crippen molar-refractivity contribution in [3.05, 3.63) is 24.3 Å². The van der Waals surface area contributed by atoms with Crippen molar-refractivity contribution in [2.45, 2.75) is 63.7 Å². The van der Waals surface area contributed by atoms with E-state index in [9.17, 15) is 8.42 Å². The van der Waals surface area contributed by atoms with Crippen molar-refractivity contribution < 1.29 is 13.2 Å². The van der Waals surface area contributed by atoms with E-state index in [1.54, 1.807) is 13.8 Å². The number of nitrogens with one attached hydrogen (secondary N) is 2. The average molecular weight is 381 g/mol. The minimum atomic E-state index is -3.16. The molecule has 0 aliphatic heterocycles. The Morgan fingerprint density at radius 2 is 1.62 bits per heavy atom. The summed E-state index contributed by atoms with van der Waals surface area (Å²) in [6.07, 6.45) is 6.57.